The summed E-state index contributed by atoms with van der Waals surface area (Å²) in [5.41, 5.74) is 11.0. The highest BCUT2D eigenvalue weighted by Crippen LogP contribution is 2.28. The third-order valence-electron chi connectivity index (χ3n) is 2.90. The number of hydrogen-bond donors (Lipinski definition) is 2. The van der Waals surface area contributed by atoms with E-state index in [0.29, 0.717) is 4.99 Å². The number of thiocarbonyl (C=S) groups is 1. The molecular weight excluding hydrogens is 320 g/mol. The van der Waals surface area contributed by atoms with Gasteiger partial charge in [0.25, 0.3) is 0 Å². The van der Waals surface area contributed by atoms with E-state index in [1.807, 2.05) is 18.2 Å². The molecule has 0 aliphatic heterocycles. The number of nitrogens with one attached hydrogen (secondary N) is 1. The molecule has 2 rings (SSSR count). The van der Waals surface area contributed by atoms with Gasteiger partial charge in [-0.05, 0) is 59.6 Å². The third kappa shape index (κ3) is 3.33. The molecule has 98 valence electrons. The molecule has 0 atom stereocenters. The lowest BCUT2D eigenvalue weighted by Crippen LogP contribution is -2.09. The smallest absolute Gasteiger partial charge is 0.104 e. The van der Waals surface area contributed by atoms with E-state index in [0.717, 1.165) is 21.4 Å². The van der Waals surface area contributed by atoms with Crippen LogP contribution in [0.4, 0.5) is 11.4 Å². The number of benzene rings is 2. The van der Waals surface area contributed by atoms with Gasteiger partial charge in [0.2, 0.25) is 0 Å². The van der Waals surface area contributed by atoms with Crippen LogP contribution in [0.5, 0.6) is 0 Å². The van der Waals surface area contributed by atoms with Gasteiger partial charge in [0.15, 0.2) is 0 Å². The Morgan fingerprint density at radius 2 is 1.79 bits per heavy atom. The highest BCUT2D eigenvalue weighted by Gasteiger charge is 2.05. The van der Waals surface area contributed by atoms with E-state index in [9.17, 15) is 0 Å². The van der Waals surface area contributed by atoms with Gasteiger partial charge in [-0.2, -0.15) is 0 Å². The van der Waals surface area contributed by atoms with Gasteiger partial charge in [0.1, 0.15) is 4.99 Å². The van der Waals surface area contributed by atoms with Gasteiger partial charge in [-0.1, -0.05) is 29.9 Å². The Bertz CT molecular complexity index is 638. The number of hydrogen-bond acceptors (Lipinski definition) is 2. The zero-order chi connectivity index (χ0) is 14.0. The first kappa shape index (κ1) is 14.0. The van der Waals surface area contributed by atoms with E-state index in [1.54, 1.807) is 0 Å². The molecular formula is C15H15BrN2S. The van der Waals surface area contributed by atoms with Crippen LogP contribution in [0, 0.1) is 13.8 Å². The maximum atomic E-state index is 5.62. The monoisotopic (exact) mass is 334 g/mol. The van der Waals surface area contributed by atoms with Crippen LogP contribution < -0.4 is 11.1 Å². The van der Waals surface area contributed by atoms with Crippen molar-refractivity contribution in [2.75, 3.05) is 5.32 Å². The number of nitrogens with two attached hydrogens (primary N) is 1. The van der Waals surface area contributed by atoms with Crippen LogP contribution >= 0.6 is 28.1 Å². The molecule has 3 N–H and O–H groups in total. The summed E-state index contributed by atoms with van der Waals surface area (Å²) in [5.74, 6) is 0. The third-order valence-corrected chi connectivity index (χ3v) is 3.80. The first-order chi connectivity index (χ1) is 8.97. The lowest BCUT2D eigenvalue weighted by atomic mass is 10.1. The number of rotatable bonds is 3. The number of halogens is 1. The van der Waals surface area contributed by atoms with Crippen LogP contribution in [-0.2, 0) is 0 Å². The minimum Gasteiger partial charge on any atom is -0.389 e. The van der Waals surface area contributed by atoms with E-state index < -0.39 is 0 Å². The summed E-state index contributed by atoms with van der Waals surface area (Å²) >= 11 is 8.50. The molecule has 0 fully saturated rings. The molecule has 0 saturated heterocycles. The van der Waals surface area contributed by atoms with Crippen molar-refractivity contribution in [1.29, 1.82) is 0 Å². The van der Waals surface area contributed by atoms with Crippen molar-refractivity contribution < 1.29 is 0 Å². The quantitative estimate of drug-likeness (QED) is 0.814. The lowest BCUT2D eigenvalue weighted by molar-refractivity contribution is 1.36. The average Bonchev–Trinajstić information content (AvgIpc) is 2.34. The molecule has 0 bridgehead atoms. The Morgan fingerprint density at radius 3 is 2.37 bits per heavy atom. The fourth-order valence-corrected chi connectivity index (χ4v) is 2.47. The predicted octanol–water partition coefficient (Wildman–Crippen LogP) is 4.44. The molecule has 0 aliphatic rings. The summed E-state index contributed by atoms with van der Waals surface area (Å²) in [6.07, 6.45) is 0. The van der Waals surface area contributed by atoms with Crippen molar-refractivity contribution in [2.24, 2.45) is 5.73 Å². The molecule has 0 radical (unpaired) electrons. The van der Waals surface area contributed by atoms with Crippen LogP contribution in [0.1, 0.15) is 16.7 Å². The van der Waals surface area contributed by atoms with E-state index in [-0.39, 0.29) is 0 Å². The minimum atomic E-state index is 0.402. The molecule has 19 heavy (non-hydrogen) atoms. The van der Waals surface area contributed by atoms with Crippen molar-refractivity contribution >= 4 is 44.5 Å². The molecule has 2 nitrogen and oxygen atoms in total. The molecule has 0 amide bonds. The average molecular weight is 335 g/mol. The van der Waals surface area contributed by atoms with Gasteiger partial charge >= 0.3 is 0 Å². The van der Waals surface area contributed by atoms with E-state index in [4.69, 9.17) is 18.0 Å². The summed E-state index contributed by atoms with van der Waals surface area (Å²) in [7, 11) is 0. The SMILES string of the molecule is Cc1ccc(Nc2ccc(C(N)=S)cc2Br)c(C)c1. The zero-order valence-electron chi connectivity index (χ0n) is 10.8. The van der Waals surface area contributed by atoms with Crippen LogP contribution in [-0.4, -0.2) is 4.99 Å². The first-order valence-electron chi connectivity index (χ1n) is 5.91. The summed E-state index contributed by atoms with van der Waals surface area (Å²) in [6, 6.07) is 12.1. The van der Waals surface area contributed by atoms with E-state index >= 15 is 0 Å². The predicted molar refractivity (Wildman–Crippen MR) is 89.2 cm³/mol. The first-order valence-corrected chi connectivity index (χ1v) is 7.11. The molecule has 0 aliphatic carbocycles. The molecule has 2 aromatic rings. The van der Waals surface area contributed by atoms with E-state index in [1.165, 1.54) is 11.1 Å². The van der Waals surface area contributed by atoms with Crippen molar-refractivity contribution in [3.05, 3.63) is 57.6 Å². The maximum absolute atomic E-state index is 5.62. The number of anilines is 2. The Morgan fingerprint density at radius 1 is 1.11 bits per heavy atom. The Balaban J connectivity index is 2.31. The molecule has 4 heteroatoms. The van der Waals surface area contributed by atoms with Crippen molar-refractivity contribution in [1.82, 2.24) is 0 Å². The van der Waals surface area contributed by atoms with Crippen molar-refractivity contribution in [2.45, 2.75) is 13.8 Å². The maximum Gasteiger partial charge on any atom is 0.104 e. The lowest BCUT2D eigenvalue weighted by Gasteiger charge is -2.12. The zero-order valence-corrected chi connectivity index (χ0v) is 13.2. The second kappa shape index (κ2) is 5.72. The molecule has 0 saturated carbocycles. The highest BCUT2D eigenvalue weighted by atomic mass is 79.9. The van der Waals surface area contributed by atoms with Crippen molar-refractivity contribution in [3.63, 3.8) is 0 Å². The van der Waals surface area contributed by atoms with Crippen LogP contribution in [0.2, 0.25) is 0 Å². The van der Waals surface area contributed by atoms with Gasteiger partial charge in [-0.3, -0.25) is 0 Å². The molecule has 0 aromatic heterocycles. The highest BCUT2D eigenvalue weighted by molar-refractivity contribution is 9.10. The van der Waals surface area contributed by atoms with Crippen LogP contribution in [0.25, 0.3) is 0 Å². The Hall–Kier alpha value is -1.39. The van der Waals surface area contributed by atoms with Gasteiger partial charge in [-0.15, -0.1) is 0 Å². The van der Waals surface area contributed by atoms with Gasteiger partial charge in [0.05, 0.1) is 5.69 Å². The second-order valence-corrected chi connectivity index (χ2v) is 5.80. The van der Waals surface area contributed by atoms with Crippen LogP contribution in [0.15, 0.2) is 40.9 Å². The summed E-state index contributed by atoms with van der Waals surface area (Å²) in [5, 5.41) is 3.40. The summed E-state index contributed by atoms with van der Waals surface area (Å²) in [6.45, 7) is 4.18. The van der Waals surface area contributed by atoms with Gasteiger partial charge < -0.3 is 11.1 Å². The van der Waals surface area contributed by atoms with Crippen molar-refractivity contribution in [3.8, 4) is 0 Å². The fraction of sp³-hybridized carbons (Fsp3) is 0.133. The Kier molecular flexibility index (Phi) is 4.22. The normalized spacial score (nSPS) is 10.3. The number of aryl methyl sites for hydroxylation is 2. The van der Waals surface area contributed by atoms with Gasteiger partial charge in [0, 0.05) is 15.7 Å². The molecule has 0 unspecified atom stereocenters. The standard InChI is InChI=1S/C15H15BrN2S/c1-9-3-5-13(10(2)7-9)18-14-6-4-11(15(17)19)8-12(14)16/h3-8,18H,1-2H3,(H2,17,19). The molecule has 0 spiro atoms. The largest absolute Gasteiger partial charge is 0.389 e. The summed E-state index contributed by atoms with van der Waals surface area (Å²) in [4.78, 5) is 0.402. The Labute approximate surface area is 127 Å². The van der Waals surface area contributed by atoms with Crippen LogP contribution in [0.3, 0.4) is 0 Å². The molecule has 0 heterocycles. The van der Waals surface area contributed by atoms with E-state index in [2.05, 4.69) is 53.3 Å². The summed E-state index contributed by atoms with van der Waals surface area (Å²) < 4.78 is 0.942. The second-order valence-electron chi connectivity index (χ2n) is 4.50. The van der Waals surface area contributed by atoms with Gasteiger partial charge in [-0.25, -0.2) is 0 Å². The topological polar surface area (TPSA) is 38.0 Å². The fourth-order valence-electron chi connectivity index (χ4n) is 1.87. The molecule has 2 aromatic carbocycles. The minimum absolute atomic E-state index is 0.402.